The maximum absolute atomic E-state index is 11.9. The fourth-order valence-electron chi connectivity index (χ4n) is 2.46. The summed E-state index contributed by atoms with van der Waals surface area (Å²) in [5.74, 6) is 0. The fourth-order valence-corrected chi connectivity index (χ4v) is 4.53. The Labute approximate surface area is 151 Å². The zero-order valence-electron chi connectivity index (χ0n) is 12.6. The van der Waals surface area contributed by atoms with Crippen LogP contribution in [-0.4, -0.2) is 38.8 Å². The highest BCUT2D eigenvalue weighted by Gasteiger charge is 2.46. The minimum absolute atomic E-state index is 0.120. The highest BCUT2D eigenvalue weighted by molar-refractivity contribution is 7.82. The summed E-state index contributed by atoms with van der Waals surface area (Å²) >= 11 is 0.241. The molecule has 0 saturated carbocycles. The minimum atomic E-state index is -4.32. The van der Waals surface area contributed by atoms with E-state index in [0.29, 0.717) is 11.1 Å². The summed E-state index contributed by atoms with van der Waals surface area (Å²) < 4.78 is 57.1. The molecule has 2 atom stereocenters. The molecule has 1 saturated heterocycles. The van der Waals surface area contributed by atoms with Gasteiger partial charge in [-0.25, -0.2) is 16.8 Å². The van der Waals surface area contributed by atoms with Gasteiger partial charge in [0.2, 0.25) is 0 Å². The highest BCUT2D eigenvalue weighted by atomic mass is 32.3. The van der Waals surface area contributed by atoms with Crippen LogP contribution in [0.3, 0.4) is 0 Å². The van der Waals surface area contributed by atoms with Crippen molar-refractivity contribution >= 4 is 42.6 Å². The molecule has 1 aliphatic rings. The number of hydrogen-bond acceptors (Lipinski definition) is 6. The molecule has 0 spiro atoms. The Morgan fingerprint density at radius 2 is 1.08 bits per heavy atom. The van der Waals surface area contributed by atoms with Crippen LogP contribution in [0.15, 0.2) is 60.7 Å². The lowest BCUT2D eigenvalue weighted by Crippen LogP contribution is -2.38. The van der Waals surface area contributed by atoms with Crippen molar-refractivity contribution in [1.29, 1.82) is 0 Å². The van der Waals surface area contributed by atoms with E-state index in [9.17, 15) is 16.8 Å². The van der Waals surface area contributed by atoms with Crippen LogP contribution in [0.2, 0.25) is 0 Å². The second-order valence-corrected chi connectivity index (χ2v) is 7.48. The van der Waals surface area contributed by atoms with Gasteiger partial charge in [0.15, 0.2) is 0 Å². The second kappa shape index (κ2) is 7.54. The van der Waals surface area contributed by atoms with E-state index in [0.717, 1.165) is 0 Å². The average molecular weight is 396 g/mol. The van der Waals surface area contributed by atoms with Gasteiger partial charge in [-0.15, -0.1) is 0 Å². The maximum Gasteiger partial charge on any atom is 0.401 e. The molecule has 25 heavy (non-hydrogen) atoms. The van der Waals surface area contributed by atoms with Gasteiger partial charge in [0.05, 0.1) is 32.2 Å². The molecule has 0 N–H and O–H groups in total. The van der Waals surface area contributed by atoms with Crippen LogP contribution in [0.4, 0.5) is 0 Å². The van der Waals surface area contributed by atoms with Gasteiger partial charge in [0.25, 0.3) is 0 Å². The van der Waals surface area contributed by atoms with Gasteiger partial charge in [-0.05, 0) is 11.1 Å². The quantitative estimate of drug-likeness (QED) is 0.563. The highest BCUT2D eigenvalue weighted by Crippen LogP contribution is 2.26. The monoisotopic (exact) mass is 396 g/mol. The van der Waals surface area contributed by atoms with Gasteiger partial charge in [-0.1, -0.05) is 60.7 Å². The van der Waals surface area contributed by atoms with Crippen molar-refractivity contribution in [3.05, 3.63) is 71.8 Å². The lowest BCUT2D eigenvalue weighted by molar-refractivity contribution is 0.271. The molecule has 2 aromatic rings. The Morgan fingerprint density at radius 1 is 0.720 bits per heavy atom. The molecule has 6 nitrogen and oxygen atoms in total. The molecule has 1 heterocycles. The Hall–Kier alpha value is -1.91. The van der Waals surface area contributed by atoms with Crippen LogP contribution in [0, 0.1) is 0 Å². The van der Waals surface area contributed by atoms with Crippen LogP contribution >= 0.6 is 0 Å². The molecule has 0 radical (unpaired) electrons. The van der Waals surface area contributed by atoms with E-state index >= 15 is 0 Å². The predicted octanol–water partition coefficient (Wildman–Crippen LogP) is 0.883. The molecule has 1 fully saturated rings. The molecule has 0 aliphatic carbocycles. The van der Waals surface area contributed by atoms with E-state index in [1.54, 1.807) is 60.7 Å². The summed E-state index contributed by atoms with van der Waals surface area (Å²) in [7, 11) is -4.32. The maximum atomic E-state index is 11.9. The third-order valence-corrected chi connectivity index (χ3v) is 5.71. The summed E-state index contributed by atoms with van der Waals surface area (Å²) in [6, 6.07) is 17.1. The van der Waals surface area contributed by atoms with Gasteiger partial charge in [-0.3, -0.25) is 0 Å². The van der Waals surface area contributed by atoms with Crippen molar-refractivity contribution in [3.8, 4) is 0 Å². The summed E-state index contributed by atoms with van der Waals surface area (Å²) in [4.78, 5) is 0.267. The summed E-state index contributed by atoms with van der Waals surface area (Å²) in [6.07, 6.45) is -2.43. The summed E-state index contributed by atoms with van der Waals surface area (Å²) in [5, 5.41) is 0. The molecule has 130 valence electrons. The van der Waals surface area contributed by atoms with Crippen LogP contribution < -0.4 is 0 Å². The minimum Gasteiger partial charge on any atom is -0.236 e. The van der Waals surface area contributed by atoms with Crippen LogP contribution in [0.5, 0.6) is 0 Å². The number of rotatable bonds is 4. The van der Waals surface area contributed by atoms with Crippen molar-refractivity contribution in [2.45, 2.75) is 12.2 Å². The zero-order chi connectivity index (χ0) is 17.9. The number of hydrogen-bond donors (Lipinski definition) is 0. The molecule has 0 aromatic heterocycles. The van der Waals surface area contributed by atoms with E-state index in [1.807, 2.05) is 0 Å². The Morgan fingerprint density at radius 3 is 1.40 bits per heavy atom. The molecule has 2 unspecified atom stereocenters. The first-order chi connectivity index (χ1) is 12.1. The molecular weight excluding hydrogens is 384 g/mol. The molecule has 0 amide bonds. The first-order valence-corrected chi connectivity index (χ1v) is 9.93. The standard InChI is InChI=1S/C16H12O6S3/c17-23-15(11-7-3-1-4-8-11)13-14(22-25(19,20)21-13)16(24-18)12-9-5-2-6-10-12/h1-10,13-14H. The largest absolute Gasteiger partial charge is 0.401 e. The summed E-state index contributed by atoms with van der Waals surface area (Å²) in [5.41, 5.74) is 1.03. The van der Waals surface area contributed by atoms with Crippen molar-refractivity contribution in [2.24, 2.45) is 0 Å². The van der Waals surface area contributed by atoms with E-state index < -0.39 is 22.6 Å². The second-order valence-electron chi connectivity index (χ2n) is 5.07. The van der Waals surface area contributed by atoms with Gasteiger partial charge in [0.1, 0.15) is 12.2 Å². The van der Waals surface area contributed by atoms with Crippen molar-refractivity contribution in [1.82, 2.24) is 0 Å². The average Bonchev–Trinajstić information content (AvgIpc) is 2.93. The normalized spacial score (nSPS) is 21.4. The fraction of sp³-hybridized carbons (Fsp3) is 0.125. The van der Waals surface area contributed by atoms with Crippen molar-refractivity contribution < 1.29 is 25.2 Å². The first kappa shape index (κ1) is 17.9. The Bertz CT molecular complexity index is 900. The molecule has 1 aliphatic heterocycles. The third kappa shape index (κ3) is 3.86. The topological polar surface area (TPSA) is 86.7 Å². The Balaban J connectivity index is 2.08. The zero-order valence-corrected chi connectivity index (χ0v) is 15.1. The van der Waals surface area contributed by atoms with E-state index in [2.05, 4.69) is 0 Å². The van der Waals surface area contributed by atoms with Gasteiger partial charge in [0, 0.05) is 0 Å². The van der Waals surface area contributed by atoms with E-state index in [1.165, 1.54) is 0 Å². The van der Waals surface area contributed by atoms with Crippen LogP contribution in [0.1, 0.15) is 11.1 Å². The first-order valence-electron chi connectivity index (χ1n) is 7.11. The molecule has 0 bridgehead atoms. The van der Waals surface area contributed by atoms with E-state index in [4.69, 9.17) is 8.37 Å². The molecule has 9 heteroatoms. The lowest BCUT2D eigenvalue weighted by Gasteiger charge is -2.16. The van der Waals surface area contributed by atoms with Crippen molar-refractivity contribution in [3.63, 3.8) is 0 Å². The smallest absolute Gasteiger partial charge is 0.236 e. The van der Waals surface area contributed by atoms with Crippen molar-refractivity contribution in [2.75, 3.05) is 0 Å². The molecule has 2 aromatic carbocycles. The van der Waals surface area contributed by atoms with Crippen LogP contribution in [0.25, 0.3) is 0 Å². The SMILES string of the molecule is O=S=C(c1ccccc1)C1OS(=O)(=O)OC1C(=S=O)c1ccccc1. The van der Waals surface area contributed by atoms with Gasteiger partial charge < -0.3 is 0 Å². The summed E-state index contributed by atoms with van der Waals surface area (Å²) in [6.45, 7) is 0. The van der Waals surface area contributed by atoms with Gasteiger partial charge in [-0.2, -0.15) is 8.42 Å². The van der Waals surface area contributed by atoms with E-state index in [-0.39, 0.29) is 32.2 Å². The van der Waals surface area contributed by atoms with Gasteiger partial charge >= 0.3 is 10.4 Å². The number of benzene rings is 2. The molecular formula is C16H12O6S3. The lowest BCUT2D eigenvalue weighted by atomic mass is 9.98. The Kier molecular flexibility index (Phi) is 5.40. The van der Waals surface area contributed by atoms with Crippen LogP contribution in [-0.2, 0) is 41.3 Å². The predicted molar refractivity (Wildman–Crippen MR) is 96.1 cm³/mol. The molecule has 3 rings (SSSR count). The third-order valence-electron chi connectivity index (χ3n) is 3.53.